The Labute approximate surface area is 169 Å². The van der Waals surface area contributed by atoms with E-state index in [0.29, 0.717) is 38.8 Å². The number of carbonyl (C=O) groups is 1. The summed E-state index contributed by atoms with van der Waals surface area (Å²) < 4.78 is 27.2. The largest absolute Gasteiger partial charge is 0.397 e. The molecule has 4 rings (SSSR count). The van der Waals surface area contributed by atoms with Crippen molar-refractivity contribution in [3.63, 3.8) is 0 Å². The van der Waals surface area contributed by atoms with Gasteiger partial charge in [0, 0.05) is 18.2 Å². The molecule has 0 radical (unpaired) electrons. The smallest absolute Gasteiger partial charge is 0.255 e. The Hall–Kier alpha value is -3.52. The fourth-order valence-corrected chi connectivity index (χ4v) is 3.62. The van der Waals surface area contributed by atoms with Crippen LogP contribution < -0.4 is 16.4 Å². The summed E-state index contributed by atoms with van der Waals surface area (Å²) in [5.74, 6) is -2.06. The maximum Gasteiger partial charge on any atom is 0.255 e. The topological polar surface area (TPSA) is 80.0 Å². The second-order valence-corrected chi connectivity index (χ2v) is 7.38. The molecule has 8 heteroatoms. The van der Waals surface area contributed by atoms with E-state index in [1.165, 1.54) is 11.3 Å². The number of amides is 1. The summed E-state index contributed by atoms with van der Waals surface area (Å²) in [5, 5.41) is 6.47. The highest BCUT2D eigenvalue weighted by Crippen LogP contribution is 2.28. The number of hydrogen-bond donors (Lipinski definition) is 3. The van der Waals surface area contributed by atoms with Gasteiger partial charge < -0.3 is 16.4 Å². The molecule has 1 aromatic heterocycles. The maximum atomic E-state index is 13.3. The summed E-state index contributed by atoms with van der Waals surface area (Å²) in [6.45, 7) is 0.457. The Morgan fingerprint density at radius 2 is 1.76 bits per heavy atom. The molecular weight excluding hydrogens is 394 g/mol. The van der Waals surface area contributed by atoms with E-state index in [1.54, 1.807) is 36.4 Å². The number of benzene rings is 3. The minimum absolute atomic E-state index is 0.252. The molecule has 4 aromatic rings. The molecule has 0 atom stereocenters. The lowest BCUT2D eigenvalue weighted by atomic mass is 10.1. The van der Waals surface area contributed by atoms with Crippen LogP contribution in [-0.2, 0) is 6.54 Å². The summed E-state index contributed by atoms with van der Waals surface area (Å²) in [5.41, 5.74) is 8.74. The van der Waals surface area contributed by atoms with Gasteiger partial charge in [0.05, 0.1) is 21.6 Å². The lowest BCUT2D eigenvalue weighted by Crippen LogP contribution is -2.13. The zero-order chi connectivity index (χ0) is 20.4. The van der Waals surface area contributed by atoms with Gasteiger partial charge in [-0.25, -0.2) is 13.8 Å². The third-order valence-electron chi connectivity index (χ3n) is 4.30. The normalized spacial score (nSPS) is 10.8. The van der Waals surface area contributed by atoms with Crippen LogP contribution in [0.1, 0.15) is 15.9 Å². The number of nitrogens with one attached hydrogen (secondary N) is 2. The van der Waals surface area contributed by atoms with Crippen molar-refractivity contribution in [1.82, 2.24) is 4.98 Å². The fraction of sp³-hybridized carbons (Fsp3) is 0.0476. The van der Waals surface area contributed by atoms with Crippen molar-refractivity contribution in [2.75, 3.05) is 16.4 Å². The van der Waals surface area contributed by atoms with Gasteiger partial charge in [-0.05, 0) is 35.9 Å². The quantitative estimate of drug-likeness (QED) is 0.404. The van der Waals surface area contributed by atoms with Gasteiger partial charge in [-0.15, -0.1) is 0 Å². The maximum absolute atomic E-state index is 13.3. The number of carbonyl (C=O) groups excluding carboxylic acids is 1. The Balaban J connectivity index is 1.40. The molecule has 0 bridgehead atoms. The predicted molar refractivity (Wildman–Crippen MR) is 112 cm³/mol. The molecule has 0 saturated carbocycles. The number of para-hydroxylation sites is 2. The Bertz CT molecular complexity index is 1150. The molecule has 0 saturated heterocycles. The highest BCUT2D eigenvalue weighted by molar-refractivity contribution is 7.22. The molecule has 0 unspecified atom stereocenters. The molecule has 0 aliphatic rings. The summed E-state index contributed by atoms with van der Waals surface area (Å²) in [4.78, 5) is 16.6. The number of aromatic nitrogens is 1. The van der Waals surface area contributed by atoms with Gasteiger partial charge in [0.2, 0.25) is 0 Å². The summed E-state index contributed by atoms with van der Waals surface area (Å²) >= 11 is 1.25. The molecule has 5 nitrogen and oxygen atoms in total. The fourth-order valence-electron chi connectivity index (χ4n) is 2.76. The summed E-state index contributed by atoms with van der Waals surface area (Å²) in [6.07, 6.45) is 0. The lowest BCUT2D eigenvalue weighted by Gasteiger charge is -2.08. The van der Waals surface area contributed by atoms with Gasteiger partial charge in [0.25, 0.3) is 5.91 Å². The van der Waals surface area contributed by atoms with Crippen LogP contribution in [0.15, 0.2) is 60.7 Å². The first kappa shape index (κ1) is 18.8. The average molecular weight is 410 g/mol. The van der Waals surface area contributed by atoms with Crippen molar-refractivity contribution < 1.29 is 13.6 Å². The molecule has 146 valence electrons. The van der Waals surface area contributed by atoms with Crippen molar-refractivity contribution in [3.8, 4) is 0 Å². The molecule has 4 N–H and O–H groups in total. The van der Waals surface area contributed by atoms with Gasteiger partial charge >= 0.3 is 0 Å². The van der Waals surface area contributed by atoms with E-state index in [0.717, 1.165) is 17.7 Å². The predicted octanol–water partition coefficient (Wildman–Crippen LogP) is 5.02. The second-order valence-electron chi connectivity index (χ2n) is 6.34. The standard InChI is InChI=1S/C21H16F2N4OS/c22-14-9-18-19(10-15(14)23)29-21(27-18)25-11-12-5-7-13(8-6-12)20(28)26-17-4-2-1-3-16(17)24/h1-10H,11,24H2,(H,25,27)(H,26,28). The minimum Gasteiger partial charge on any atom is -0.397 e. The second kappa shape index (κ2) is 7.84. The highest BCUT2D eigenvalue weighted by atomic mass is 32.1. The average Bonchev–Trinajstić information content (AvgIpc) is 3.10. The van der Waals surface area contributed by atoms with Gasteiger partial charge in [0.1, 0.15) is 0 Å². The first-order chi connectivity index (χ1) is 14.0. The number of nitrogen functional groups attached to an aromatic ring is 1. The Morgan fingerprint density at radius 3 is 2.52 bits per heavy atom. The monoisotopic (exact) mass is 410 g/mol. The first-order valence-electron chi connectivity index (χ1n) is 8.74. The number of rotatable bonds is 5. The van der Waals surface area contributed by atoms with Gasteiger partial charge in [-0.2, -0.15) is 0 Å². The number of hydrogen-bond acceptors (Lipinski definition) is 5. The van der Waals surface area contributed by atoms with E-state index < -0.39 is 11.6 Å². The SMILES string of the molecule is Nc1ccccc1NC(=O)c1ccc(CNc2nc3cc(F)c(F)cc3s2)cc1. The highest BCUT2D eigenvalue weighted by Gasteiger charge is 2.10. The Kier molecular flexibility index (Phi) is 5.09. The summed E-state index contributed by atoms with van der Waals surface area (Å²) in [6, 6.07) is 16.3. The number of anilines is 3. The molecule has 0 spiro atoms. The van der Waals surface area contributed by atoms with Crippen LogP contribution >= 0.6 is 11.3 Å². The molecule has 0 aliphatic carbocycles. The molecule has 0 aliphatic heterocycles. The number of nitrogens with zero attached hydrogens (tertiary/aromatic N) is 1. The zero-order valence-corrected chi connectivity index (χ0v) is 15.9. The van der Waals surface area contributed by atoms with Crippen molar-refractivity contribution in [2.45, 2.75) is 6.54 Å². The lowest BCUT2D eigenvalue weighted by molar-refractivity contribution is 0.102. The van der Waals surface area contributed by atoms with E-state index in [1.807, 2.05) is 12.1 Å². The molecule has 29 heavy (non-hydrogen) atoms. The third kappa shape index (κ3) is 4.17. The van der Waals surface area contributed by atoms with Crippen LogP contribution in [0.25, 0.3) is 10.2 Å². The van der Waals surface area contributed by atoms with E-state index in [-0.39, 0.29) is 5.91 Å². The van der Waals surface area contributed by atoms with E-state index in [4.69, 9.17) is 5.73 Å². The summed E-state index contributed by atoms with van der Waals surface area (Å²) in [7, 11) is 0. The van der Waals surface area contributed by atoms with E-state index in [2.05, 4.69) is 15.6 Å². The minimum atomic E-state index is -0.916. The Morgan fingerprint density at radius 1 is 1.03 bits per heavy atom. The van der Waals surface area contributed by atoms with Crippen LogP contribution in [0.4, 0.5) is 25.3 Å². The van der Waals surface area contributed by atoms with Crippen molar-refractivity contribution in [3.05, 3.63) is 83.4 Å². The van der Waals surface area contributed by atoms with Crippen LogP contribution in [0.5, 0.6) is 0 Å². The van der Waals surface area contributed by atoms with Crippen LogP contribution in [0.3, 0.4) is 0 Å². The van der Waals surface area contributed by atoms with Gasteiger partial charge in [-0.1, -0.05) is 35.6 Å². The van der Waals surface area contributed by atoms with E-state index in [9.17, 15) is 13.6 Å². The van der Waals surface area contributed by atoms with Gasteiger partial charge in [0.15, 0.2) is 16.8 Å². The van der Waals surface area contributed by atoms with Crippen molar-refractivity contribution in [2.24, 2.45) is 0 Å². The molecule has 1 amide bonds. The molecule has 1 heterocycles. The third-order valence-corrected chi connectivity index (χ3v) is 5.28. The number of halogens is 2. The van der Waals surface area contributed by atoms with Crippen molar-refractivity contribution >= 4 is 44.0 Å². The molecule has 0 fully saturated rings. The van der Waals surface area contributed by atoms with Crippen LogP contribution in [-0.4, -0.2) is 10.9 Å². The van der Waals surface area contributed by atoms with Crippen LogP contribution in [0, 0.1) is 11.6 Å². The zero-order valence-electron chi connectivity index (χ0n) is 15.1. The first-order valence-corrected chi connectivity index (χ1v) is 9.55. The van der Waals surface area contributed by atoms with E-state index >= 15 is 0 Å². The van der Waals surface area contributed by atoms with Gasteiger partial charge in [-0.3, -0.25) is 4.79 Å². The van der Waals surface area contributed by atoms with Crippen molar-refractivity contribution in [1.29, 1.82) is 0 Å². The number of thiazole rings is 1. The van der Waals surface area contributed by atoms with Crippen LogP contribution in [0.2, 0.25) is 0 Å². The molecular formula is C21H16F2N4OS. The molecule has 3 aromatic carbocycles. The number of nitrogens with two attached hydrogens (primary N) is 1. The number of fused-ring (bicyclic) bond motifs is 1.